The molecule has 0 atom stereocenters. The lowest BCUT2D eigenvalue weighted by molar-refractivity contribution is 0.0979. The van der Waals surface area contributed by atoms with Crippen LogP contribution < -0.4 is 10.6 Å². The van der Waals surface area contributed by atoms with Gasteiger partial charge in [-0.3, -0.25) is 10.1 Å². The van der Waals surface area contributed by atoms with E-state index in [0.717, 1.165) is 15.2 Å². The quantitative estimate of drug-likeness (QED) is 0.330. The third-order valence-electron chi connectivity index (χ3n) is 3.62. The number of halogens is 3. The van der Waals surface area contributed by atoms with Crippen molar-refractivity contribution in [2.24, 2.45) is 0 Å². The van der Waals surface area contributed by atoms with Crippen molar-refractivity contribution in [1.82, 2.24) is 5.32 Å². The minimum absolute atomic E-state index is 0.0769. The zero-order valence-electron chi connectivity index (χ0n) is 13.0. The maximum absolute atomic E-state index is 12.6. The average Bonchev–Trinajstić information content (AvgIpc) is 2.59. The van der Waals surface area contributed by atoms with Gasteiger partial charge in [0.2, 0.25) is 0 Å². The first-order valence-corrected chi connectivity index (χ1v) is 9.30. The van der Waals surface area contributed by atoms with E-state index in [2.05, 4.69) is 26.6 Å². The molecular weight excluding hydrogens is 459 g/mol. The molecule has 132 valence electrons. The fourth-order valence-electron chi connectivity index (χ4n) is 2.44. The number of carbonyl (C=O) groups is 1. The highest BCUT2D eigenvalue weighted by Gasteiger charge is 2.13. The molecule has 0 aliphatic rings. The maximum Gasteiger partial charge on any atom is 0.258 e. The highest BCUT2D eigenvalue weighted by atomic mass is 79.9. The molecule has 0 aliphatic heterocycles. The molecule has 26 heavy (non-hydrogen) atoms. The molecule has 3 aromatic rings. The minimum atomic E-state index is -0.345. The van der Waals surface area contributed by atoms with E-state index in [4.69, 9.17) is 35.4 Å². The molecule has 0 saturated heterocycles. The van der Waals surface area contributed by atoms with Crippen molar-refractivity contribution in [3.8, 4) is 5.75 Å². The number of fused-ring (bicyclic) bond motifs is 1. The average molecular weight is 470 g/mol. The van der Waals surface area contributed by atoms with Gasteiger partial charge >= 0.3 is 0 Å². The Kier molecular flexibility index (Phi) is 5.67. The van der Waals surface area contributed by atoms with E-state index in [9.17, 15) is 9.90 Å². The Morgan fingerprint density at radius 3 is 2.35 bits per heavy atom. The van der Waals surface area contributed by atoms with Crippen molar-refractivity contribution in [2.75, 3.05) is 5.32 Å². The second kappa shape index (κ2) is 7.80. The molecule has 0 aromatic heterocycles. The summed E-state index contributed by atoms with van der Waals surface area (Å²) >= 11 is 20.4. The molecule has 3 aromatic carbocycles. The molecule has 3 N–H and O–H groups in total. The van der Waals surface area contributed by atoms with Gasteiger partial charge < -0.3 is 10.4 Å². The van der Waals surface area contributed by atoms with Crippen molar-refractivity contribution >= 4 is 78.8 Å². The Morgan fingerprint density at radius 1 is 1.04 bits per heavy atom. The van der Waals surface area contributed by atoms with Crippen LogP contribution in [0.3, 0.4) is 0 Å². The number of anilines is 1. The van der Waals surface area contributed by atoms with E-state index in [1.807, 2.05) is 24.3 Å². The van der Waals surface area contributed by atoms with Gasteiger partial charge in [0, 0.05) is 15.7 Å². The first-order valence-electron chi connectivity index (χ1n) is 7.34. The summed E-state index contributed by atoms with van der Waals surface area (Å²) in [6, 6.07) is 14.0. The van der Waals surface area contributed by atoms with Gasteiger partial charge in [-0.1, -0.05) is 63.4 Å². The SMILES string of the molecule is O=C(NC(=S)Nc1cc(Cl)c(O)c(Cl)c1)c1cccc2c(Br)cccc12. The van der Waals surface area contributed by atoms with Crippen LogP contribution in [0.15, 0.2) is 53.0 Å². The summed E-state index contributed by atoms with van der Waals surface area (Å²) in [5, 5.41) is 17.0. The highest BCUT2D eigenvalue weighted by Crippen LogP contribution is 2.34. The largest absolute Gasteiger partial charge is 0.505 e. The van der Waals surface area contributed by atoms with Gasteiger partial charge in [0.15, 0.2) is 10.9 Å². The zero-order valence-corrected chi connectivity index (χ0v) is 16.9. The summed E-state index contributed by atoms with van der Waals surface area (Å²) < 4.78 is 0.902. The second-order valence-electron chi connectivity index (χ2n) is 5.34. The number of thiocarbonyl (C=S) groups is 1. The first kappa shape index (κ1) is 18.9. The van der Waals surface area contributed by atoms with Crippen LogP contribution in [0.2, 0.25) is 10.0 Å². The summed E-state index contributed by atoms with van der Waals surface area (Å²) in [6.45, 7) is 0. The molecule has 0 unspecified atom stereocenters. The molecule has 0 saturated carbocycles. The van der Waals surface area contributed by atoms with Gasteiger partial charge in [-0.25, -0.2) is 0 Å². The van der Waals surface area contributed by atoms with E-state index in [0.29, 0.717) is 11.3 Å². The van der Waals surface area contributed by atoms with Gasteiger partial charge in [-0.05, 0) is 47.3 Å². The minimum Gasteiger partial charge on any atom is -0.505 e. The third-order valence-corrected chi connectivity index (χ3v) is 5.09. The second-order valence-corrected chi connectivity index (χ2v) is 7.41. The lowest BCUT2D eigenvalue weighted by Gasteiger charge is -2.12. The van der Waals surface area contributed by atoms with Crippen LogP contribution in [0.5, 0.6) is 5.75 Å². The molecule has 0 bridgehead atoms. The van der Waals surface area contributed by atoms with Gasteiger partial charge in [0.05, 0.1) is 10.0 Å². The van der Waals surface area contributed by atoms with Crippen molar-refractivity contribution in [3.05, 3.63) is 68.6 Å². The summed E-state index contributed by atoms with van der Waals surface area (Å²) in [7, 11) is 0. The molecule has 0 radical (unpaired) electrons. The van der Waals surface area contributed by atoms with Crippen LogP contribution in [-0.4, -0.2) is 16.1 Å². The zero-order chi connectivity index (χ0) is 18.8. The fourth-order valence-corrected chi connectivity index (χ4v) is 3.64. The normalized spacial score (nSPS) is 10.6. The lowest BCUT2D eigenvalue weighted by atomic mass is 10.0. The van der Waals surface area contributed by atoms with Gasteiger partial charge in [-0.2, -0.15) is 0 Å². The lowest BCUT2D eigenvalue weighted by Crippen LogP contribution is -2.34. The van der Waals surface area contributed by atoms with Crippen LogP contribution in [0.25, 0.3) is 10.8 Å². The van der Waals surface area contributed by atoms with Crippen LogP contribution in [0.4, 0.5) is 5.69 Å². The number of amides is 1. The predicted molar refractivity (Wildman–Crippen MR) is 113 cm³/mol. The molecule has 0 aliphatic carbocycles. The van der Waals surface area contributed by atoms with Crippen molar-refractivity contribution in [3.63, 3.8) is 0 Å². The molecule has 0 heterocycles. The van der Waals surface area contributed by atoms with E-state index >= 15 is 0 Å². The van der Waals surface area contributed by atoms with Crippen molar-refractivity contribution < 1.29 is 9.90 Å². The molecule has 0 spiro atoms. The topological polar surface area (TPSA) is 61.4 Å². The number of rotatable bonds is 2. The molecule has 8 heteroatoms. The van der Waals surface area contributed by atoms with Crippen LogP contribution in [0.1, 0.15) is 10.4 Å². The number of carbonyl (C=O) groups excluding carboxylic acids is 1. The molecule has 1 amide bonds. The van der Waals surface area contributed by atoms with Crippen molar-refractivity contribution in [1.29, 1.82) is 0 Å². The molecular formula is C18H11BrCl2N2O2S. The number of nitrogens with one attached hydrogen (secondary N) is 2. The first-order chi connectivity index (χ1) is 12.4. The van der Waals surface area contributed by atoms with E-state index in [1.54, 1.807) is 12.1 Å². The number of aromatic hydroxyl groups is 1. The van der Waals surface area contributed by atoms with Crippen LogP contribution in [0, 0.1) is 0 Å². The number of phenolic OH excluding ortho intramolecular Hbond substituents is 1. The summed E-state index contributed by atoms with van der Waals surface area (Å²) in [6.07, 6.45) is 0. The van der Waals surface area contributed by atoms with Crippen LogP contribution >= 0.6 is 51.3 Å². The molecule has 3 rings (SSSR count). The molecule has 4 nitrogen and oxygen atoms in total. The van der Waals surface area contributed by atoms with Gasteiger partial charge in [0.1, 0.15) is 0 Å². The molecule has 0 fully saturated rings. The third kappa shape index (κ3) is 3.94. The Hall–Kier alpha value is -1.86. The number of benzene rings is 3. The van der Waals surface area contributed by atoms with E-state index in [1.165, 1.54) is 12.1 Å². The number of hydrogen-bond donors (Lipinski definition) is 3. The maximum atomic E-state index is 12.6. The predicted octanol–water partition coefficient (Wildman–Crippen LogP) is 5.74. The van der Waals surface area contributed by atoms with Crippen molar-refractivity contribution in [2.45, 2.75) is 0 Å². The van der Waals surface area contributed by atoms with Gasteiger partial charge in [0.25, 0.3) is 5.91 Å². The Balaban J connectivity index is 1.80. The van der Waals surface area contributed by atoms with E-state index in [-0.39, 0.29) is 26.8 Å². The standard InChI is InChI=1S/C18H11BrCl2N2O2S/c19-13-6-2-3-10-11(13)4-1-5-12(10)17(25)23-18(26)22-9-7-14(20)16(24)15(21)8-9/h1-8,24H,(H2,22,23,25,26). The monoisotopic (exact) mass is 468 g/mol. The Bertz CT molecular complexity index is 1020. The summed E-state index contributed by atoms with van der Waals surface area (Å²) in [4.78, 5) is 12.6. The smallest absolute Gasteiger partial charge is 0.258 e. The highest BCUT2D eigenvalue weighted by molar-refractivity contribution is 9.10. The summed E-state index contributed by atoms with van der Waals surface area (Å²) in [5.41, 5.74) is 0.943. The summed E-state index contributed by atoms with van der Waals surface area (Å²) in [5.74, 6) is -0.558. The fraction of sp³-hybridized carbons (Fsp3) is 0. The number of hydrogen-bond acceptors (Lipinski definition) is 3. The van der Waals surface area contributed by atoms with E-state index < -0.39 is 0 Å². The Labute approximate surface area is 173 Å². The number of phenols is 1. The Morgan fingerprint density at radius 2 is 1.65 bits per heavy atom. The van der Waals surface area contributed by atoms with Gasteiger partial charge in [-0.15, -0.1) is 0 Å². The van der Waals surface area contributed by atoms with Crippen LogP contribution in [-0.2, 0) is 0 Å².